The number of hydrogen-bond acceptors (Lipinski definition) is 7. The second kappa shape index (κ2) is 10.8. The third-order valence-electron chi connectivity index (χ3n) is 5.01. The van der Waals surface area contributed by atoms with E-state index >= 15 is 0 Å². The van der Waals surface area contributed by atoms with Crippen molar-refractivity contribution in [2.75, 3.05) is 12.9 Å². The van der Waals surface area contributed by atoms with Crippen molar-refractivity contribution in [2.45, 2.75) is 46.1 Å². The molecular weight excluding hydrogens is 466 g/mol. The van der Waals surface area contributed by atoms with Gasteiger partial charge in [0, 0.05) is 12.5 Å². The zero-order chi connectivity index (χ0) is 25.8. The van der Waals surface area contributed by atoms with Crippen molar-refractivity contribution >= 4 is 20.9 Å². The minimum Gasteiger partial charge on any atom is -0.493 e. The van der Waals surface area contributed by atoms with Crippen LogP contribution in [0.5, 0.6) is 5.75 Å². The summed E-state index contributed by atoms with van der Waals surface area (Å²) in [5.74, 6) is 0.920. The van der Waals surface area contributed by atoms with Crippen LogP contribution in [0.4, 0.5) is 0 Å². The summed E-state index contributed by atoms with van der Waals surface area (Å²) in [5, 5.41) is 4.49. The summed E-state index contributed by atoms with van der Waals surface area (Å²) < 4.78 is 31.8. The van der Waals surface area contributed by atoms with Crippen molar-refractivity contribution in [3.05, 3.63) is 64.3 Å². The van der Waals surface area contributed by atoms with Gasteiger partial charge in [-0.2, -0.15) is 5.10 Å². The van der Waals surface area contributed by atoms with Gasteiger partial charge < -0.3 is 9.72 Å². The fourth-order valence-electron chi connectivity index (χ4n) is 3.43. The molecule has 0 aliphatic carbocycles. The molecule has 186 valence electrons. The van der Waals surface area contributed by atoms with Crippen molar-refractivity contribution in [3.8, 4) is 17.1 Å². The molecule has 0 radical (unpaired) electrons. The molecule has 10 heteroatoms. The Balaban J connectivity index is 0.00000167. The number of benzene rings is 1. The van der Waals surface area contributed by atoms with Crippen LogP contribution in [0.3, 0.4) is 0 Å². The van der Waals surface area contributed by atoms with E-state index in [1.807, 2.05) is 45.9 Å². The van der Waals surface area contributed by atoms with Crippen molar-refractivity contribution in [1.29, 1.82) is 0 Å². The highest BCUT2D eigenvalue weighted by atomic mass is 32.2. The monoisotopic (exact) mass is 497 g/mol. The molecule has 0 amide bonds. The standard InChI is InChI=1S/C23H25N5O4S.C2H6/c1-14(2)13-32-19-9-8-17(33(4,30)31)11-18(19)22-25-20-15(3)27-28(21(20)23(29)26-22)12-16-7-5-6-10-24-16;1-2/h5-11,14H,12-13H2,1-4H3,(H,25,26,29);1-2H3. The molecule has 0 saturated heterocycles. The topological polar surface area (TPSA) is 120 Å². The largest absolute Gasteiger partial charge is 0.493 e. The van der Waals surface area contributed by atoms with Crippen LogP contribution >= 0.6 is 0 Å². The van der Waals surface area contributed by atoms with Crippen molar-refractivity contribution in [3.63, 3.8) is 0 Å². The maximum Gasteiger partial charge on any atom is 0.277 e. The quantitative estimate of drug-likeness (QED) is 0.410. The van der Waals surface area contributed by atoms with E-state index in [2.05, 4.69) is 20.1 Å². The van der Waals surface area contributed by atoms with Gasteiger partial charge >= 0.3 is 0 Å². The smallest absolute Gasteiger partial charge is 0.277 e. The molecule has 1 aromatic carbocycles. The van der Waals surface area contributed by atoms with Crippen molar-refractivity contribution in [2.24, 2.45) is 5.92 Å². The predicted octanol–water partition coefficient (Wildman–Crippen LogP) is 4.00. The van der Waals surface area contributed by atoms with Gasteiger partial charge in [-0.1, -0.05) is 33.8 Å². The minimum atomic E-state index is -3.47. The minimum absolute atomic E-state index is 0.111. The van der Waals surface area contributed by atoms with Gasteiger partial charge in [0.15, 0.2) is 15.4 Å². The molecular formula is C25H31N5O4S. The van der Waals surface area contributed by atoms with Crippen LogP contribution in [0, 0.1) is 12.8 Å². The average molecular weight is 498 g/mol. The van der Waals surface area contributed by atoms with Gasteiger partial charge in [0.05, 0.1) is 35.0 Å². The number of hydrogen-bond donors (Lipinski definition) is 1. The number of aromatic amines is 1. The molecule has 3 aromatic heterocycles. The van der Waals surface area contributed by atoms with Gasteiger partial charge in [0.2, 0.25) is 0 Å². The van der Waals surface area contributed by atoms with E-state index in [9.17, 15) is 13.2 Å². The fraction of sp³-hybridized carbons (Fsp3) is 0.360. The maximum atomic E-state index is 13.1. The molecule has 4 rings (SSSR count). The summed E-state index contributed by atoms with van der Waals surface area (Å²) >= 11 is 0. The number of ether oxygens (including phenoxy) is 1. The third kappa shape index (κ3) is 5.94. The zero-order valence-corrected chi connectivity index (χ0v) is 21.7. The van der Waals surface area contributed by atoms with E-state index in [4.69, 9.17) is 4.74 Å². The van der Waals surface area contributed by atoms with E-state index in [0.29, 0.717) is 41.2 Å². The Morgan fingerprint density at radius 3 is 2.51 bits per heavy atom. The summed E-state index contributed by atoms with van der Waals surface area (Å²) in [6.07, 6.45) is 2.81. The third-order valence-corrected chi connectivity index (χ3v) is 6.12. The highest BCUT2D eigenvalue weighted by molar-refractivity contribution is 7.90. The van der Waals surface area contributed by atoms with Crippen LogP contribution in [0.1, 0.15) is 39.1 Å². The number of H-pyrrole nitrogens is 1. The molecule has 0 saturated carbocycles. The lowest BCUT2D eigenvalue weighted by atomic mass is 10.1. The Bertz CT molecular complexity index is 1480. The molecule has 0 spiro atoms. The Morgan fingerprint density at radius 2 is 1.89 bits per heavy atom. The average Bonchev–Trinajstić information content (AvgIpc) is 3.14. The summed E-state index contributed by atoms with van der Waals surface area (Å²) in [6.45, 7) is 10.5. The van der Waals surface area contributed by atoms with E-state index in [1.165, 1.54) is 12.1 Å². The number of nitrogens with zero attached hydrogens (tertiary/aromatic N) is 4. The second-order valence-electron chi connectivity index (χ2n) is 8.31. The van der Waals surface area contributed by atoms with E-state index in [1.54, 1.807) is 23.9 Å². The lowest BCUT2D eigenvalue weighted by molar-refractivity contribution is 0.272. The molecule has 4 aromatic rings. The number of aromatic nitrogens is 5. The summed E-state index contributed by atoms with van der Waals surface area (Å²) in [7, 11) is -3.47. The molecule has 0 aliphatic heterocycles. The number of nitrogens with one attached hydrogen (secondary N) is 1. The highest BCUT2D eigenvalue weighted by Gasteiger charge is 2.20. The van der Waals surface area contributed by atoms with Crippen molar-refractivity contribution in [1.82, 2.24) is 24.7 Å². The van der Waals surface area contributed by atoms with Gasteiger partial charge in [-0.15, -0.1) is 0 Å². The lowest BCUT2D eigenvalue weighted by Crippen LogP contribution is -2.15. The Labute approximate surface area is 205 Å². The first-order valence-electron chi connectivity index (χ1n) is 11.5. The van der Waals surface area contributed by atoms with Crippen LogP contribution < -0.4 is 10.3 Å². The summed E-state index contributed by atoms with van der Waals surface area (Å²) in [6, 6.07) is 10.1. The van der Waals surface area contributed by atoms with Crippen molar-refractivity contribution < 1.29 is 13.2 Å². The molecule has 0 atom stereocenters. The number of sulfone groups is 1. The normalized spacial score (nSPS) is 11.4. The predicted molar refractivity (Wildman–Crippen MR) is 136 cm³/mol. The number of rotatable bonds is 7. The molecule has 0 unspecified atom stereocenters. The first-order valence-corrected chi connectivity index (χ1v) is 13.4. The Hall–Kier alpha value is -3.53. The molecule has 9 nitrogen and oxygen atoms in total. The molecule has 0 bridgehead atoms. The van der Waals surface area contributed by atoms with Gasteiger partial charge in [-0.3, -0.25) is 14.5 Å². The molecule has 0 fully saturated rings. The van der Waals surface area contributed by atoms with Crippen LogP contribution in [0.2, 0.25) is 0 Å². The SMILES string of the molecule is CC.Cc1nn(Cc2ccccn2)c2c(=O)[nH]c(-c3cc(S(C)(=O)=O)ccc3OCC(C)C)nc12. The van der Waals surface area contributed by atoms with Gasteiger partial charge in [0.25, 0.3) is 5.56 Å². The highest BCUT2D eigenvalue weighted by Crippen LogP contribution is 2.31. The number of aryl methyl sites for hydroxylation is 1. The maximum absolute atomic E-state index is 13.1. The van der Waals surface area contributed by atoms with Crippen LogP contribution in [-0.4, -0.2) is 46.0 Å². The molecule has 0 aliphatic rings. The van der Waals surface area contributed by atoms with Crippen LogP contribution in [0.25, 0.3) is 22.4 Å². The Kier molecular flexibility index (Phi) is 8.06. The summed E-state index contributed by atoms with van der Waals surface area (Å²) in [4.78, 5) is 25.0. The molecule has 1 N–H and O–H groups in total. The van der Waals surface area contributed by atoms with Crippen LogP contribution in [-0.2, 0) is 16.4 Å². The van der Waals surface area contributed by atoms with Crippen LogP contribution in [0.15, 0.2) is 52.3 Å². The number of pyridine rings is 1. The number of fused-ring (bicyclic) bond motifs is 1. The first-order chi connectivity index (χ1) is 16.6. The molecule has 35 heavy (non-hydrogen) atoms. The lowest BCUT2D eigenvalue weighted by Gasteiger charge is -2.14. The summed E-state index contributed by atoms with van der Waals surface area (Å²) in [5.41, 5.74) is 2.11. The Morgan fingerprint density at radius 1 is 1.14 bits per heavy atom. The van der Waals surface area contributed by atoms with Gasteiger partial charge in [-0.25, -0.2) is 13.4 Å². The second-order valence-corrected chi connectivity index (χ2v) is 10.3. The van der Waals surface area contributed by atoms with E-state index in [-0.39, 0.29) is 22.2 Å². The fourth-order valence-corrected chi connectivity index (χ4v) is 4.08. The zero-order valence-electron chi connectivity index (χ0n) is 20.9. The van der Waals surface area contributed by atoms with E-state index < -0.39 is 9.84 Å². The van der Waals surface area contributed by atoms with Gasteiger partial charge in [0.1, 0.15) is 17.1 Å². The van der Waals surface area contributed by atoms with Gasteiger partial charge in [-0.05, 0) is 43.2 Å². The van der Waals surface area contributed by atoms with E-state index in [0.717, 1.165) is 11.9 Å². The molecule has 3 heterocycles. The first kappa shape index (κ1) is 26.1.